The van der Waals surface area contributed by atoms with Gasteiger partial charge in [-0.05, 0) is 30.0 Å². The molecule has 0 spiro atoms. The molecule has 76 valence electrons. The number of hydrogen-bond donors (Lipinski definition) is 1. The minimum atomic E-state index is 0.369. The highest BCUT2D eigenvalue weighted by Gasteiger charge is 2.03. The Hall–Kier alpha value is -1.33. The van der Waals surface area contributed by atoms with Gasteiger partial charge in [0.05, 0.1) is 0 Å². The highest BCUT2D eigenvalue weighted by molar-refractivity contribution is 7.99. The van der Waals surface area contributed by atoms with E-state index in [2.05, 4.69) is 15.0 Å². The lowest BCUT2D eigenvalue weighted by Crippen LogP contribution is -1.90. The van der Waals surface area contributed by atoms with Gasteiger partial charge in [-0.15, -0.1) is 0 Å². The van der Waals surface area contributed by atoms with Crippen molar-refractivity contribution >= 4 is 29.1 Å². The Morgan fingerprint density at radius 2 is 1.93 bits per heavy atom. The zero-order valence-corrected chi connectivity index (χ0v) is 9.16. The molecule has 0 saturated heterocycles. The first-order chi connectivity index (χ1) is 7.24. The number of halogens is 1. The molecular weight excluding hydrogens is 232 g/mol. The number of anilines is 1. The van der Waals surface area contributed by atoms with Crippen molar-refractivity contribution in [1.82, 2.24) is 15.0 Å². The summed E-state index contributed by atoms with van der Waals surface area (Å²) in [7, 11) is 0. The van der Waals surface area contributed by atoms with Gasteiger partial charge >= 0.3 is 0 Å². The van der Waals surface area contributed by atoms with Crippen LogP contribution in [0.1, 0.15) is 0 Å². The molecule has 6 heteroatoms. The van der Waals surface area contributed by atoms with Crippen LogP contribution < -0.4 is 5.73 Å². The third-order valence-electron chi connectivity index (χ3n) is 1.53. The average Bonchev–Trinajstić information content (AvgIpc) is 2.17. The Labute approximate surface area is 95.9 Å². The second kappa shape index (κ2) is 4.46. The van der Waals surface area contributed by atoms with E-state index in [1.54, 1.807) is 30.6 Å². The molecule has 4 nitrogen and oxygen atoms in total. The summed E-state index contributed by atoms with van der Waals surface area (Å²) in [6, 6.07) is 5.08. The molecule has 2 aromatic heterocycles. The number of pyridine rings is 1. The average molecular weight is 239 g/mol. The Morgan fingerprint density at radius 3 is 2.60 bits per heavy atom. The maximum atomic E-state index is 5.77. The molecule has 2 aromatic rings. The van der Waals surface area contributed by atoms with E-state index < -0.39 is 0 Å². The van der Waals surface area contributed by atoms with Crippen LogP contribution in [0.5, 0.6) is 0 Å². The molecule has 2 N–H and O–H groups in total. The molecule has 0 unspecified atom stereocenters. The summed E-state index contributed by atoms with van der Waals surface area (Å²) in [4.78, 5) is 12.2. The van der Waals surface area contributed by atoms with Crippen molar-refractivity contribution in [3.05, 3.63) is 35.7 Å². The first-order valence-electron chi connectivity index (χ1n) is 4.12. The molecule has 2 rings (SSSR count). The smallest absolute Gasteiger partial charge is 0.193 e. The molecule has 0 bridgehead atoms. The summed E-state index contributed by atoms with van der Waals surface area (Å²) in [5.41, 5.74) is 6.21. The third-order valence-corrected chi connectivity index (χ3v) is 2.54. The van der Waals surface area contributed by atoms with E-state index in [0.29, 0.717) is 21.0 Å². The number of rotatable bonds is 2. The Morgan fingerprint density at radius 1 is 1.20 bits per heavy atom. The van der Waals surface area contributed by atoms with Gasteiger partial charge in [-0.3, -0.25) is 0 Å². The molecule has 0 saturated carbocycles. The summed E-state index contributed by atoms with van der Waals surface area (Å²) < 4.78 is 0. The molecule has 2 heterocycles. The zero-order chi connectivity index (χ0) is 10.7. The molecule has 0 aliphatic carbocycles. The first-order valence-corrected chi connectivity index (χ1v) is 5.31. The molecule has 0 aliphatic heterocycles. The van der Waals surface area contributed by atoms with Gasteiger partial charge in [0.1, 0.15) is 10.2 Å². The number of nitrogens with two attached hydrogens (primary N) is 1. The molecule has 0 atom stereocenters. The maximum absolute atomic E-state index is 5.77. The van der Waals surface area contributed by atoms with Crippen LogP contribution in [0.15, 0.2) is 40.8 Å². The van der Waals surface area contributed by atoms with E-state index in [4.69, 9.17) is 17.3 Å². The number of aromatic nitrogens is 3. The summed E-state index contributed by atoms with van der Waals surface area (Å²) in [6.45, 7) is 0. The maximum Gasteiger partial charge on any atom is 0.193 e. The molecular formula is C9H7ClN4S. The molecule has 0 fully saturated rings. The van der Waals surface area contributed by atoms with Crippen molar-refractivity contribution in [2.24, 2.45) is 0 Å². The van der Waals surface area contributed by atoms with E-state index in [1.165, 1.54) is 11.8 Å². The van der Waals surface area contributed by atoms with Crippen LogP contribution in [0.2, 0.25) is 5.15 Å². The summed E-state index contributed by atoms with van der Waals surface area (Å²) in [5, 5.41) is 1.67. The summed E-state index contributed by atoms with van der Waals surface area (Å²) in [6.07, 6.45) is 3.34. The predicted octanol–water partition coefficient (Wildman–Crippen LogP) is 2.26. The van der Waals surface area contributed by atoms with Gasteiger partial charge < -0.3 is 5.73 Å². The van der Waals surface area contributed by atoms with Gasteiger partial charge in [0.2, 0.25) is 0 Å². The molecule has 0 amide bonds. The van der Waals surface area contributed by atoms with Gasteiger partial charge in [-0.1, -0.05) is 11.6 Å². The topological polar surface area (TPSA) is 64.7 Å². The normalized spacial score (nSPS) is 10.2. The van der Waals surface area contributed by atoms with E-state index in [-0.39, 0.29) is 0 Å². The van der Waals surface area contributed by atoms with Crippen molar-refractivity contribution in [2.75, 3.05) is 5.73 Å². The lowest BCUT2D eigenvalue weighted by Gasteiger charge is -2.00. The van der Waals surface area contributed by atoms with Gasteiger partial charge in [0.15, 0.2) is 5.16 Å². The second-order valence-corrected chi connectivity index (χ2v) is 4.07. The molecule has 15 heavy (non-hydrogen) atoms. The molecule has 0 aromatic carbocycles. The van der Waals surface area contributed by atoms with Crippen LogP contribution in [0, 0.1) is 0 Å². The Bertz CT molecular complexity index is 443. The Balaban J connectivity index is 2.25. The highest BCUT2D eigenvalue weighted by atomic mass is 35.5. The number of hydrogen-bond acceptors (Lipinski definition) is 5. The SMILES string of the molecule is Nc1cc(Cl)nc(Sc2ncccn2)c1. The van der Waals surface area contributed by atoms with E-state index in [0.717, 1.165) is 0 Å². The largest absolute Gasteiger partial charge is 0.399 e. The van der Waals surface area contributed by atoms with Crippen molar-refractivity contribution in [3.63, 3.8) is 0 Å². The minimum Gasteiger partial charge on any atom is -0.399 e. The van der Waals surface area contributed by atoms with Crippen LogP contribution in [-0.2, 0) is 0 Å². The van der Waals surface area contributed by atoms with Crippen LogP contribution >= 0.6 is 23.4 Å². The lowest BCUT2D eigenvalue weighted by atomic mass is 10.4. The zero-order valence-electron chi connectivity index (χ0n) is 7.59. The number of nitrogen functional groups attached to an aromatic ring is 1. The van der Waals surface area contributed by atoms with Crippen molar-refractivity contribution in [3.8, 4) is 0 Å². The van der Waals surface area contributed by atoms with Gasteiger partial charge in [-0.25, -0.2) is 15.0 Å². The van der Waals surface area contributed by atoms with E-state index in [9.17, 15) is 0 Å². The van der Waals surface area contributed by atoms with Gasteiger partial charge in [0, 0.05) is 18.1 Å². The molecule has 0 radical (unpaired) electrons. The monoisotopic (exact) mass is 238 g/mol. The van der Waals surface area contributed by atoms with Gasteiger partial charge in [0.25, 0.3) is 0 Å². The van der Waals surface area contributed by atoms with Crippen molar-refractivity contribution in [1.29, 1.82) is 0 Å². The second-order valence-electron chi connectivity index (χ2n) is 2.69. The quantitative estimate of drug-likeness (QED) is 0.642. The van der Waals surface area contributed by atoms with Crippen molar-refractivity contribution in [2.45, 2.75) is 10.2 Å². The number of nitrogens with zero attached hydrogens (tertiary/aromatic N) is 3. The fourth-order valence-corrected chi connectivity index (χ4v) is 2.00. The lowest BCUT2D eigenvalue weighted by molar-refractivity contribution is 0.960. The first kappa shape index (κ1) is 10.2. The summed E-state index contributed by atoms with van der Waals surface area (Å²) in [5.74, 6) is 0. The Kier molecular flexibility index (Phi) is 3.03. The van der Waals surface area contributed by atoms with Crippen LogP contribution in [0.3, 0.4) is 0 Å². The van der Waals surface area contributed by atoms with E-state index in [1.807, 2.05) is 0 Å². The van der Waals surface area contributed by atoms with Crippen LogP contribution in [0.4, 0.5) is 5.69 Å². The van der Waals surface area contributed by atoms with E-state index >= 15 is 0 Å². The molecule has 0 aliphatic rings. The summed E-state index contributed by atoms with van der Waals surface area (Å²) >= 11 is 7.09. The van der Waals surface area contributed by atoms with Crippen LogP contribution in [0.25, 0.3) is 0 Å². The third kappa shape index (κ3) is 2.81. The fourth-order valence-electron chi connectivity index (χ4n) is 0.976. The standard InChI is InChI=1S/C9H7ClN4S/c10-7-4-6(11)5-8(14-7)15-9-12-2-1-3-13-9/h1-5H,(H2,11,14). The van der Waals surface area contributed by atoms with Crippen LogP contribution in [-0.4, -0.2) is 15.0 Å². The predicted molar refractivity (Wildman–Crippen MR) is 59.8 cm³/mol. The minimum absolute atomic E-state index is 0.369. The fraction of sp³-hybridized carbons (Fsp3) is 0. The van der Waals surface area contributed by atoms with Crippen molar-refractivity contribution < 1.29 is 0 Å². The highest BCUT2D eigenvalue weighted by Crippen LogP contribution is 2.25. The van der Waals surface area contributed by atoms with Gasteiger partial charge in [-0.2, -0.15) is 0 Å².